The van der Waals surface area contributed by atoms with Crippen LogP contribution in [0.25, 0.3) is 17.2 Å². The predicted octanol–water partition coefficient (Wildman–Crippen LogP) is 6.06. The number of rotatable bonds is 10. The van der Waals surface area contributed by atoms with Crippen LogP contribution in [0.1, 0.15) is 49.8 Å². The zero-order valence-electron chi connectivity index (χ0n) is 22.2. The maximum absolute atomic E-state index is 13.4. The number of carbonyl (C=O) groups is 2. The number of esters is 1. The van der Waals surface area contributed by atoms with Crippen LogP contribution in [-0.4, -0.2) is 35.7 Å². The third kappa shape index (κ3) is 6.76. The lowest BCUT2D eigenvalue weighted by Crippen LogP contribution is -2.34. The van der Waals surface area contributed by atoms with Gasteiger partial charge in [-0.3, -0.25) is 9.59 Å². The van der Waals surface area contributed by atoms with E-state index in [9.17, 15) is 9.59 Å². The highest BCUT2D eigenvalue weighted by atomic mass is 16.5. The van der Waals surface area contributed by atoms with Crippen LogP contribution in [0.15, 0.2) is 83.4 Å². The smallest absolute Gasteiger partial charge is 0.310 e. The first-order chi connectivity index (χ1) is 18.5. The highest BCUT2D eigenvalue weighted by Gasteiger charge is 2.22. The van der Waals surface area contributed by atoms with Crippen LogP contribution in [0.3, 0.4) is 0 Å². The van der Waals surface area contributed by atoms with Crippen molar-refractivity contribution in [2.45, 2.75) is 46.1 Å². The fourth-order valence-electron chi connectivity index (χ4n) is 4.62. The van der Waals surface area contributed by atoms with Gasteiger partial charge >= 0.3 is 5.97 Å². The number of amides is 1. The number of benzene rings is 3. The molecule has 1 amide bonds. The first-order valence-corrected chi connectivity index (χ1v) is 13.2. The van der Waals surface area contributed by atoms with E-state index in [1.54, 1.807) is 0 Å². The summed E-state index contributed by atoms with van der Waals surface area (Å²) in [6, 6.07) is 23.4. The summed E-state index contributed by atoms with van der Waals surface area (Å²) in [5.41, 5.74) is 12.3. The lowest BCUT2D eigenvalue weighted by atomic mass is 9.95. The van der Waals surface area contributed by atoms with E-state index in [-0.39, 0.29) is 24.9 Å². The molecule has 1 heterocycles. The molecule has 0 radical (unpaired) electrons. The van der Waals surface area contributed by atoms with Gasteiger partial charge in [-0.1, -0.05) is 80.6 Å². The number of nitrogens with zero attached hydrogens (tertiary/aromatic N) is 2. The standard InChI is InChI=1S/C32H35N3O3/c1-3-17-35(18-4-2)32(37)26-20-28-27(11-8-12-29(28)34-30(33)21-26)25-15-13-23(14-16-25)19-31(36)38-22-24-9-6-5-7-10-24/h5-16,20H,3-4,17-19,21-22H2,1-2H3,(H2,33,34). The number of fused-ring (bicyclic) bond motifs is 1. The van der Waals surface area contributed by atoms with Gasteiger partial charge in [0.15, 0.2) is 0 Å². The number of aliphatic imine (C=N–C) groups is 1. The molecule has 3 aromatic carbocycles. The van der Waals surface area contributed by atoms with Crippen molar-refractivity contribution >= 4 is 29.5 Å². The lowest BCUT2D eigenvalue weighted by molar-refractivity contribution is -0.144. The molecule has 6 heteroatoms. The third-order valence-corrected chi connectivity index (χ3v) is 6.44. The summed E-state index contributed by atoms with van der Waals surface area (Å²) in [7, 11) is 0. The number of ether oxygens (including phenoxy) is 1. The van der Waals surface area contributed by atoms with Crippen LogP contribution in [0.2, 0.25) is 0 Å². The molecule has 4 rings (SSSR count). The van der Waals surface area contributed by atoms with E-state index in [2.05, 4.69) is 18.8 Å². The molecule has 1 aliphatic rings. The maximum Gasteiger partial charge on any atom is 0.310 e. The number of nitrogens with two attached hydrogens (primary N) is 1. The predicted molar refractivity (Wildman–Crippen MR) is 153 cm³/mol. The molecule has 0 unspecified atom stereocenters. The van der Waals surface area contributed by atoms with Gasteiger partial charge in [-0.25, -0.2) is 4.99 Å². The highest BCUT2D eigenvalue weighted by molar-refractivity contribution is 6.06. The van der Waals surface area contributed by atoms with Gasteiger partial charge in [0, 0.05) is 30.6 Å². The number of amidine groups is 1. The molecule has 38 heavy (non-hydrogen) atoms. The highest BCUT2D eigenvalue weighted by Crippen LogP contribution is 2.35. The van der Waals surface area contributed by atoms with Crippen molar-refractivity contribution in [2.24, 2.45) is 10.7 Å². The summed E-state index contributed by atoms with van der Waals surface area (Å²) in [5, 5.41) is 0. The SMILES string of the molecule is CCCN(CCC)C(=O)C1=Cc2c(cccc2-c2ccc(CC(=O)OCc3ccccc3)cc2)N=C(N)C1. The summed E-state index contributed by atoms with van der Waals surface area (Å²) in [5.74, 6) is 0.173. The average Bonchev–Trinajstić information content (AvgIpc) is 3.10. The largest absolute Gasteiger partial charge is 0.461 e. The van der Waals surface area contributed by atoms with Crippen molar-refractivity contribution in [3.8, 4) is 11.1 Å². The molecular weight excluding hydrogens is 474 g/mol. The Balaban J connectivity index is 1.55. The third-order valence-electron chi connectivity index (χ3n) is 6.44. The molecule has 0 saturated heterocycles. The minimum Gasteiger partial charge on any atom is -0.461 e. The maximum atomic E-state index is 13.4. The minimum atomic E-state index is -0.269. The van der Waals surface area contributed by atoms with E-state index >= 15 is 0 Å². The van der Waals surface area contributed by atoms with Crippen LogP contribution < -0.4 is 5.73 Å². The van der Waals surface area contributed by atoms with Gasteiger partial charge in [-0.2, -0.15) is 0 Å². The average molecular weight is 510 g/mol. The zero-order chi connectivity index (χ0) is 26.9. The molecule has 1 aliphatic heterocycles. The summed E-state index contributed by atoms with van der Waals surface area (Å²) in [6.07, 6.45) is 4.27. The number of hydrogen-bond donors (Lipinski definition) is 1. The Morgan fingerprint density at radius 2 is 1.61 bits per heavy atom. The van der Waals surface area contributed by atoms with Crippen LogP contribution in [0, 0.1) is 0 Å². The molecule has 0 saturated carbocycles. The van der Waals surface area contributed by atoms with Gasteiger partial charge in [0.25, 0.3) is 0 Å². The summed E-state index contributed by atoms with van der Waals surface area (Å²) < 4.78 is 5.42. The van der Waals surface area contributed by atoms with Gasteiger partial charge in [0.2, 0.25) is 5.91 Å². The van der Waals surface area contributed by atoms with E-state index in [4.69, 9.17) is 10.5 Å². The van der Waals surface area contributed by atoms with E-state index in [0.717, 1.165) is 46.3 Å². The fraction of sp³-hybridized carbons (Fsp3) is 0.281. The van der Waals surface area contributed by atoms with E-state index in [1.807, 2.05) is 83.8 Å². The Bertz CT molecular complexity index is 1320. The van der Waals surface area contributed by atoms with Gasteiger partial charge < -0.3 is 15.4 Å². The minimum absolute atomic E-state index is 0.0128. The van der Waals surface area contributed by atoms with Gasteiger partial charge in [0.1, 0.15) is 12.4 Å². The molecule has 0 atom stereocenters. The van der Waals surface area contributed by atoms with Crippen LogP contribution in [0.4, 0.5) is 5.69 Å². The molecule has 0 aromatic heterocycles. The second kappa shape index (κ2) is 12.9. The second-order valence-corrected chi connectivity index (χ2v) is 9.50. The van der Waals surface area contributed by atoms with Crippen LogP contribution in [-0.2, 0) is 27.4 Å². The molecule has 0 aliphatic carbocycles. The summed E-state index contributed by atoms with van der Waals surface area (Å²) in [6.45, 7) is 5.84. The van der Waals surface area contributed by atoms with Crippen molar-refractivity contribution in [3.63, 3.8) is 0 Å². The van der Waals surface area contributed by atoms with E-state index < -0.39 is 0 Å². The van der Waals surface area contributed by atoms with Gasteiger partial charge in [-0.05, 0) is 47.2 Å². The number of carbonyl (C=O) groups excluding carboxylic acids is 2. The van der Waals surface area contributed by atoms with E-state index in [1.165, 1.54) is 0 Å². The molecule has 196 valence electrons. The van der Waals surface area contributed by atoms with Crippen molar-refractivity contribution in [3.05, 3.63) is 95.1 Å². The van der Waals surface area contributed by atoms with Crippen molar-refractivity contribution in [1.82, 2.24) is 4.90 Å². The molecule has 6 nitrogen and oxygen atoms in total. The molecule has 0 spiro atoms. The number of hydrogen-bond acceptors (Lipinski definition) is 5. The Hall–Kier alpha value is -4.19. The fourth-order valence-corrected chi connectivity index (χ4v) is 4.62. The van der Waals surface area contributed by atoms with Gasteiger partial charge in [0.05, 0.1) is 12.1 Å². The molecule has 0 bridgehead atoms. The first-order valence-electron chi connectivity index (χ1n) is 13.2. The van der Waals surface area contributed by atoms with Crippen molar-refractivity contribution in [2.75, 3.05) is 13.1 Å². The first kappa shape index (κ1) is 26.9. The second-order valence-electron chi connectivity index (χ2n) is 9.50. The summed E-state index contributed by atoms with van der Waals surface area (Å²) >= 11 is 0. The van der Waals surface area contributed by atoms with Crippen LogP contribution in [0.5, 0.6) is 0 Å². The summed E-state index contributed by atoms with van der Waals surface area (Å²) in [4.78, 5) is 32.3. The van der Waals surface area contributed by atoms with Crippen LogP contribution >= 0.6 is 0 Å². The zero-order valence-corrected chi connectivity index (χ0v) is 22.2. The van der Waals surface area contributed by atoms with E-state index in [0.29, 0.717) is 30.9 Å². The quantitative estimate of drug-likeness (QED) is 0.337. The topological polar surface area (TPSA) is 85.0 Å². The van der Waals surface area contributed by atoms with Crippen molar-refractivity contribution in [1.29, 1.82) is 0 Å². The Kier molecular flexibility index (Phi) is 9.09. The Morgan fingerprint density at radius 3 is 2.29 bits per heavy atom. The Labute approximate surface area is 224 Å². The van der Waals surface area contributed by atoms with Crippen molar-refractivity contribution < 1.29 is 14.3 Å². The molecule has 0 fully saturated rings. The normalized spacial score (nSPS) is 12.6. The Morgan fingerprint density at radius 1 is 0.895 bits per heavy atom. The molecule has 2 N–H and O–H groups in total. The van der Waals surface area contributed by atoms with Gasteiger partial charge in [-0.15, -0.1) is 0 Å². The lowest BCUT2D eigenvalue weighted by Gasteiger charge is -2.23. The monoisotopic (exact) mass is 509 g/mol. The molecular formula is C32H35N3O3. The molecule has 3 aromatic rings.